The number of anilines is 1. The van der Waals surface area contributed by atoms with Gasteiger partial charge in [0.2, 0.25) is 11.8 Å². The van der Waals surface area contributed by atoms with Crippen LogP contribution in [0.2, 0.25) is 5.02 Å². The number of carbonyl (C=O) groups excluding carboxylic acids is 2. The van der Waals surface area contributed by atoms with Crippen LogP contribution in [0.3, 0.4) is 0 Å². The predicted molar refractivity (Wildman–Crippen MR) is 97.0 cm³/mol. The van der Waals surface area contributed by atoms with Crippen molar-refractivity contribution in [2.45, 2.75) is 25.4 Å². The summed E-state index contributed by atoms with van der Waals surface area (Å²) in [6, 6.07) is 3.26. The molecule has 1 aromatic carbocycles. The molecule has 0 aromatic heterocycles. The standard InChI is InChI=1S/C18H23ClN2O5/c1-24-15-8-14(16(25-2)7-13(15)19)21-10-11(6-17(21)22)18(23)20-9-12-4-3-5-26-12/h7-8,11-12H,3-6,9-10H2,1-2H3,(H,20,23). The molecule has 26 heavy (non-hydrogen) atoms. The number of rotatable bonds is 6. The first-order chi connectivity index (χ1) is 12.5. The average molecular weight is 383 g/mol. The van der Waals surface area contributed by atoms with E-state index >= 15 is 0 Å². The highest BCUT2D eigenvalue weighted by Crippen LogP contribution is 2.40. The van der Waals surface area contributed by atoms with Gasteiger partial charge >= 0.3 is 0 Å². The van der Waals surface area contributed by atoms with E-state index in [-0.39, 0.29) is 30.9 Å². The van der Waals surface area contributed by atoms with Gasteiger partial charge in [-0.15, -0.1) is 0 Å². The minimum Gasteiger partial charge on any atom is -0.495 e. The molecule has 0 spiro atoms. The Hall–Kier alpha value is -1.99. The maximum absolute atomic E-state index is 12.5. The van der Waals surface area contributed by atoms with Gasteiger partial charge in [-0.2, -0.15) is 0 Å². The van der Waals surface area contributed by atoms with Crippen molar-refractivity contribution in [2.24, 2.45) is 5.92 Å². The van der Waals surface area contributed by atoms with E-state index < -0.39 is 5.92 Å². The topological polar surface area (TPSA) is 77.1 Å². The average Bonchev–Trinajstić information content (AvgIpc) is 3.29. The van der Waals surface area contributed by atoms with Crippen molar-refractivity contribution >= 4 is 29.1 Å². The van der Waals surface area contributed by atoms with E-state index in [1.807, 2.05) is 0 Å². The highest BCUT2D eigenvalue weighted by Gasteiger charge is 2.37. The molecule has 0 radical (unpaired) electrons. The van der Waals surface area contributed by atoms with Crippen LogP contribution in [0.5, 0.6) is 11.5 Å². The monoisotopic (exact) mass is 382 g/mol. The number of ether oxygens (including phenoxy) is 3. The summed E-state index contributed by atoms with van der Waals surface area (Å²) in [5.74, 6) is 0.239. The minimum absolute atomic E-state index is 0.0766. The minimum atomic E-state index is -0.407. The molecule has 0 bridgehead atoms. The van der Waals surface area contributed by atoms with Crippen LogP contribution in [-0.2, 0) is 14.3 Å². The molecule has 7 nitrogen and oxygen atoms in total. The second-order valence-electron chi connectivity index (χ2n) is 6.44. The summed E-state index contributed by atoms with van der Waals surface area (Å²) in [7, 11) is 3.01. The molecular formula is C18H23ClN2O5. The summed E-state index contributed by atoms with van der Waals surface area (Å²) in [5.41, 5.74) is 0.549. The smallest absolute Gasteiger partial charge is 0.227 e. The number of methoxy groups -OCH3 is 2. The molecule has 1 aromatic rings. The number of nitrogens with one attached hydrogen (secondary N) is 1. The van der Waals surface area contributed by atoms with E-state index in [2.05, 4.69) is 5.32 Å². The van der Waals surface area contributed by atoms with Gasteiger partial charge in [-0.3, -0.25) is 9.59 Å². The zero-order valence-electron chi connectivity index (χ0n) is 14.9. The number of hydrogen-bond donors (Lipinski definition) is 1. The Morgan fingerprint density at radius 2 is 2.12 bits per heavy atom. The fourth-order valence-electron chi connectivity index (χ4n) is 3.34. The first-order valence-corrected chi connectivity index (χ1v) is 9.02. The highest BCUT2D eigenvalue weighted by molar-refractivity contribution is 6.32. The second kappa shape index (κ2) is 8.14. The van der Waals surface area contributed by atoms with Gasteiger partial charge in [0.15, 0.2) is 0 Å². The molecule has 142 valence electrons. The molecule has 2 heterocycles. The van der Waals surface area contributed by atoms with Gasteiger partial charge in [-0.05, 0) is 12.8 Å². The van der Waals surface area contributed by atoms with E-state index in [0.29, 0.717) is 28.8 Å². The van der Waals surface area contributed by atoms with Crippen molar-refractivity contribution in [2.75, 3.05) is 38.8 Å². The van der Waals surface area contributed by atoms with Crippen LogP contribution in [0.4, 0.5) is 5.69 Å². The Bertz CT molecular complexity index is 690. The molecule has 8 heteroatoms. The Morgan fingerprint density at radius 3 is 2.77 bits per heavy atom. The summed E-state index contributed by atoms with van der Waals surface area (Å²) < 4.78 is 16.1. The predicted octanol–water partition coefficient (Wildman–Crippen LogP) is 2.01. The quantitative estimate of drug-likeness (QED) is 0.814. The van der Waals surface area contributed by atoms with E-state index in [1.54, 1.807) is 17.0 Å². The summed E-state index contributed by atoms with van der Waals surface area (Å²) >= 11 is 6.12. The van der Waals surface area contributed by atoms with Crippen LogP contribution >= 0.6 is 11.6 Å². The van der Waals surface area contributed by atoms with E-state index in [9.17, 15) is 9.59 Å². The second-order valence-corrected chi connectivity index (χ2v) is 6.85. The SMILES string of the molecule is COc1cc(N2CC(C(=O)NCC3CCCO3)CC2=O)c(OC)cc1Cl. The van der Waals surface area contributed by atoms with Crippen molar-refractivity contribution in [1.82, 2.24) is 5.32 Å². The van der Waals surface area contributed by atoms with Gasteiger partial charge in [0, 0.05) is 38.2 Å². The van der Waals surface area contributed by atoms with Crippen molar-refractivity contribution in [3.63, 3.8) is 0 Å². The van der Waals surface area contributed by atoms with Crippen LogP contribution in [0.15, 0.2) is 12.1 Å². The first-order valence-electron chi connectivity index (χ1n) is 8.64. The van der Waals surface area contributed by atoms with E-state index in [1.165, 1.54) is 14.2 Å². The normalized spacial score (nSPS) is 22.6. The zero-order valence-corrected chi connectivity index (χ0v) is 15.7. The number of hydrogen-bond acceptors (Lipinski definition) is 5. The highest BCUT2D eigenvalue weighted by atomic mass is 35.5. The number of carbonyl (C=O) groups is 2. The molecule has 2 amide bonds. The number of halogens is 1. The zero-order chi connectivity index (χ0) is 18.7. The van der Waals surface area contributed by atoms with Crippen LogP contribution in [0.25, 0.3) is 0 Å². The fourth-order valence-corrected chi connectivity index (χ4v) is 3.57. The maximum atomic E-state index is 12.5. The molecule has 2 aliphatic heterocycles. The van der Waals surface area contributed by atoms with Crippen molar-refractivity contribution < 1.29 is 23.8 Å². The summed E-state index contributed by atoms with van der Waals surface area (Å²) in [4.78, 5) is 26.5. The van der Waals surface area contributed by atoms with E-state index in [0.717, 1.165) is 19.4 Å². The molecule has 2 atom stereocenters. The molecule has 1 N–H and O–H groups in total. The lowest BCUT2D eigenvalue weighted by Crippen LogP contribution is -2.37. The summed E-state index contributed by atoms with van der Waals surface area (Å²) in [6.45, 7) is 1.52. The van der Waals surface area contributed by atoms with Crippen molar-refractivity contribution in [1.29, 1.82) is 0 Å². The Kier molecular flexibility index (Phi) is 5.88. The molecule has 2 aliphatic rings. The number of amides is 2. The Morgan fingerprint density at radius 1 is 1.35 bits per heavy atom. The van der Waals surface area contributed by atoms with Crippen LogP contribution < -0.4 is 19.7 Å². The van der Waals surface area contributed by atoms with Crippen LogP contribution in [0.1, 0.15) is 19.3 Å². The molecule has 3 rings (SSSR count). The third-order valence-electron chi connectivity index (χ3n) is 4.77. The molecule has 2 saturated heterocycles. The van der Waals surface area contributed by atoms with Gasteiger partial charge in [0.25, 0.3) is 0 Å². The van der Waals surface area contributed by atoms with Gasteiger partial charge in [0.05, 0.1) is 37.0 Å². The van der Waals surface area contributed by atoms with Crippen LogP contribution in [0, 0.1) is 5.92 Å². The van der Waals surface area contributed by atoms with Gasteiger partial charge in [0.1, 0.15) is 11.5 Å². The molecular weight excluding hydrogens is 360 g/mol. The Balaban J connectivity index is 1.70. The van der Waals surface area contributed by atoms with Gasteiger partial charge in [-0.25, -0.2) is 0 Å². The summed E-state index contributed by atoms with van der Waals surface area (Å²) in [5, 5.41) is 3.29. The maximum Gasteiger partial charge on any atom is 0.227 e. The van der Waals surface area contributed by atoms with Gasteiger partial charge < -0.3 is 24.4 Å². The number of nitrogens with zero attached hydrogens (tertiary/aromatic N) is 1. The largest absolute Gasteiger partial charge is 0.495 e. The first kappa shape index (κ1) is 18.8. The number of benzene rings is 1. The third kappa shape index (κ3) is 3.88. The molecule has 2 unspecified atom stereocenters. The third-order valence-corrected chi connectivity index (χ3v) is 5.06. The molecule has 0 saturated carbocycles. The lowest BCUT2D eigenvalue weighted by molar-refractivity contribution is -0.126. The van der Waals surface area contributed by atoms with Crippen molar-refractivity contribution in [3.8, 4) is 11.5 Å². The lowest BCUT2D eigenvalue weighted by atomic mass is 10.1. The van der Waals surface area contributed by atoms with E-state index in [4.69, 9.17) is 25.8 Å². The van der Waals surface area contributed by atoms with Gasteiger partial charge in [-0.1, -0.05) is 11.6 Å². The van der Waals surface area contributed by atoms with Crippen LogP contribution in [-0.4, -0.2) is 51.8 Å². The fraction of sp³-hybridized carbons (Fsp3) is 0.556. The van der Waals surface area contributed by atoms with Crippen molar-refractivity contribution in [3.05, 3.63) is 17.2 Å². The summed E-state index contributed by atoms with van der Waals surface area (Å²) in [6.07, 6.45) is 2.21. The lowest BCUT2D eigenvalue weighted by Gasteiger charge is -2.21. The molecule has 0 aliphatic carbocycles. The molecule has 2 fully saturated rings. The Labute approximate surface area is 157 Å².